The van der Waals surface area contributed by atoms with Crippen molar-refractivity contribution < 1.29 is 4.79 Å². The number of rotatable bonds is 0. The zero-order valence-corrected chi connectivity index (χ0v) is 10.3. The molecule has 0 saturated heterocycles. The summed E-state index contributed by atoms with van der Waals surface area (Å²) in [6, 6.07) is 6.95. The molecule has 2 heteroatoms. The second kappa shape index (κ2) is 3.73. The molecule has 2 aliphatic rings. The SMILES string of the molecule is Cc1ccc2c(c1)CC[C@H]1[C@@H](C)C(=O)C=CN21. The third-order valence-corrected chi connectivity index (χ3v) is 4.01. The van der Waals surface area contributed by atoms with E-state index in [9.17, 15) is 4.79 Å². The van der Waals surface area contributed by atoms with Crippen LogP contribution < -0.4 is 4.90 Å². The molecule has 0 unspecified atom stereocenters. The van der Waals surface area contributed by atoms with Crippen molar-refractivity contribution in [1.29, 1.82) is 0 Å². The minimum Gasteiger partial charge on any atom is -0.344 e. The number of hydrogen-bond acceptors (Lipinski definition) is 2. The fraction of sp³-hybridized carbons (Fsp3) is 0.400. The Hall–Kier alpha value is -1.57. The van der Waals surface area contributed by atoms with Crippen LogP contribution in [0, 0.1) is 12.8 Å². The summed E-state index contributed by atoms with van der Waals surface area (Å²) in [6.07, 6.45) is 5.84. The predicted molar refractivity (Wildman–Crippen MR) is 69.1 cm³/mol. The van der Waals surface area contributed by atoms with Crippen LogP contribution in [0.2, 0.25) is 0 Å². The number of carbonyl (C=O) groups is 1. The van der Waals surface area contributed by atoms with E-state index in [1.54, 1.807) is 6.08 Å². The van der Waals surface area contributed by atoms with E-state index in [1.807, 2.05) is 13.1 Å². The lowest BCUT2D eigenvalue weighted by molar-refractivity contribution is -0.118. The Bertz CT molecular complexity index is 504. The highest BCUT2D eigenvalue weighted by Gasteiger charge is 2.34. The Morgan fingerprint density at radius 3 is 3.00 bits per heavy atom. The number of aryl methyl sites for hydroxylation is 2. The van der Waals surface area contributed by atoms with Crippen molar-refractivity contribution >= 4 is 11.5 Å². The molecule has 0 radical (unpaired) electrons. The van der Waals surface area contributed by atoms with Crippen molar-refractivity contribution in [3.63, 3.8) is 0 Å². The molecule has 0 saturated carbocycles. The first kappa shape index (κ1) is 10.6. The zero-order valence-electron chi connectivity index (χ0n) is 10.3. The molecule has 0 aliphatic carbocycles. The van der Waals surface area contributed by atoms with Gasteiger partial charge in [-0.2, -0.15) is 0 Å². The van der Waals surface area contributed by atoms with E-state index in [2.05, 4.69) is 30.0 Å². The monoisotopic (exact) mass is 227 g/mol. The molecule has 0 N–H and O–H groups in total. The van der Waals surface area contributed by atoms with Gasteiger partial charge < -0.3 is 4.90 Å². The summed E-state index contributed by atoms with van der Waals surface area (Å²) in [4.78, 5) is 14.0. The summed E-state index contributed by atoms with van der Waals surface area (Å²) in [7, 11) is 0. The van der Waals surface area contributed by atoms with Gasteiger partial charge in [-0.15, -0.1) is 0 Å². The number of benzene rings is 1. The lowest BCUT2D eigenvalue weighted by Gasteiger charge is -2.41. The molecule has 0 amide bonds. The number of hydrogen-bond donors (Lipinski definition) is 0. The summed E-state index contributed by atoms with van der Waals surface area (Å²) in [5.74, 6) is 0.385. The average molecular weight is 227 g/mol. The molecule has 0 spiro atoms. The second-order valence-corrected chi connectivity index (χ2v) is 5.15. The molecule has 1 aromatic carbocycles. The van der Waals surface area contributed by atoms with Gasteiger partial charge in [-0.3, -0.25) is 4.79 Å². The highest BCUT2D eigenvalue weighted by atomic mass is 16.1. The summed E-state index contributed by atoms with van der Waals surface area (Å²) < 4.78 is 0. The normalized spacial score (nSPS) is 26.7. The first-order chi connectivity index (χ1) is 8.16. The third kappa shape index (κ3) is 1.59. The first-order valence-corrected chi connectivity index (χ1v) is 6.27. The van der Waals surface area contributed by atoms with Gasteiger partial charge in [0.25, 0.3) is 0 Å². The van der Waals surface area contributed by atoms with Crippen LogP contribution in [0.4, 0.5) is 5.69 Å². The molecular weight excluding hydrogens is 210 g/mol. The van der Waals surface area contributed by atoms with Gasteiger partial charge in [-0.05, 0) is 37.5 Å². The molecule has 17 heavy (non-hydrogen) atoms. The summed E-state index contributed by atoms with van der Waals surface area (Å²) in [5, 5.41) is 0. The van der Waals surface area contributed by atoms with Gasteiger partial charge >= 0.3 is 0 Å². The average Bonchev–Trinajstić information content (AvgIpc) is 2.33. The fourth-order valence-electron chi connectivity index (χ4n) is 2.96. The van der Waals surface area contributed by atoms with Gasteiger partial charge in [0.05, 0.1) is 0 Å². The Kier molecular flexibility index (Phi) is 2.32. The van der Waals surface area contributed by atoms with Gasteiger partial charge in [-0.1, -0.05) is 24.6 Å². The number of nitrogens with zero attached hydrogens (tertiary/aromatic N) is 1. The molecule has 88 valence electrons. The van der Waals surface area contributed by atoms with E-state index in [1.165, 1.54) is 16.8 Å². The van der Waals surface area contributed by atoms with Crippen molar-refractivity contribution in [2.75, 3.05) is 4.90 Å². The number of allylic oxidation sites excluding steroid dienone is 1. The number of anilines is 1. The molecule has 0 fully saturated rings. The van der Waals surface area contributed by atoms with Gasteiger partial charge in [0, 0.05) is 23.8 Å². The Labute approximate surface area is 102 Å². The minimum atomic E-state index is 0.120. The van der Waals surface area contributed by atoms with Crippen molar-refractivity contribution in [2.24, 2.45) is 5.92 Å². The van der Waals surface area contributed by atoms with Gasteiger partial charge in [0.15, 0.2) is 5.78 Å². The van der Waals surface area contributed by atoms with Crippen LogP contribution in [0.5, 0.6) is 0 Å². The molecule has 2 heterocycles. The van der Waals surface area contributed by atoms with Gasteiger partial charge in [0.1, 0.15) is 0 Å². The zero-order chi connectivity index (χ0) is 12.0. The summed E-state index contributed by atoms with van der Waals surface area (Å²) in [6.45, 7) is 4.17. The van der Waals surface area contributed by atoms with Crippen LogP contribution in [-0.4, -0.2) is 11.8 Å². The molecule has 2 nitrogen and oxygen atoms in total. The molecule has 0 bridgehead atoms. The first-order valence-electron chi connectivity index (χ1n) is 6.27. The highest BCUT2D eigenvalue weighted by molar-refractivity contribution is 5.94. The Morgan fingerprint density at radius 1 is 1.35 bits per heavy atom. The summed E-state index contributed by atoms with van der Waals surface area (Å²) >= 11 is 0. The maximum atomic E-state index is 11.7. The standard InChI is InChI=1S/C15H17NO/c1-10-3-5-14-12(9-10)4-6-13-11(2)15(17)7-8-16(13)14/h3,5,7-9,11,13H,4,6H2,1-2H3/t11-,13+/m1/s1. The van der Waals surface area contributed by atoms with E-state index >= 15 is 0 Å². The quantitative estimate of drug-likeness (QED) is 0.679. The third-order valence-electron chi connectivity index (χ3n) is 4.01. The fourth-order valence-corrected chi connectivity index (χ4v) is 2.96. The van der Waals surface area contributed by atoms with E-state index in [4.69, 9.17) is 0 Å². The van der Waals surface area contributed by atoms with E-state index in [-0.39, 0.29) is 11.7 Å². The van der Waals surface area contributed by atoms with Crippen molar-refractivity contribution in [2.45, 2.75) is 32.7 Å². The maximum Gasteiger partial charge on any atom is 0.162 e. The largest absolute Gasteiger partial charge is 0.344 e. The molecule has 3 rings (SSSR count). The summed E-state index contributed by atoms with van der Waals surface area (Å²) in [5.41, 5.74) is 4.00. The van der Waals surface area contributed by atoms with Crippen molar-refractivity contribution in [3.05, 3.63) is 41.6 Å². The lowest BCUT2D eigenvalue weighted by atomic mass is 9.84. The molecule has 2 atom stereocenters. The number of ketones is 1. The predicted octanol–water partition coefficient (Wildman–Crippen LogP) is 2.85. The molecule has 1 aromatic rings. The van der Waals surface area contributed by atoms with Gasteiger partial charge in [-0.25, -0.2) is 0 Å². The molecular formula is C15H17NO. The second-order valence-electron chi connectivity index (χ2n) is 5.15. The van der Waals surface area contributed by atoms with Crippen molar-refractivity contribution in [3.8, 4) is 0 Å². The maximum absolute atomic E-state index is 11.7. The van der Waals surface area contributed by atoms with Crippen LogP contribution in [0.15, 0.2) is 30.5 Å². The minimum absolute atomic E-state index is 0.120. The Balaban J connectivity index is 2.07. The molecule has 2 aliphatic heterocycles. The number of carbonyl (C=O) groups excluding carboxylic acids is 1. The van der Waals surface area contributed by atoms with Crippen LogP contribution in [0.25, 0.3) is 0 Å². The van der Waals surface area contributed by atoms with Crippen molar-refractivity contribution in [1.82, 2.24) is 0 Å². The Morgan fingerprint density at radius 2 is 2.18 bits per heavy atom. The van der Waals surface area contributed by atoms with Gasteiger partial charge in [0.2, 0.25) is 0 Å². The van der Waals surface area contributed by atoms with Crippen LogP contribution >= 0.6 is 0 Å². The highest BCUT2D eigenvalue weighted by Crippen LogP contribution is 2.36. The number of fused-ring (bicyclic) bond motifs is 3. The van der Waals surface area contributed by atoms with Crippen LogP contribution in [0.1, 0.15) is 24.5 Å². The van der Waals surface area contributed by atoms with Crippen LogP contribution in [-0.2, 0) is 11.2 Å². The smallest absolute Gasteiger partial charge is 0.162 e. The lowest BCUT2D eigenvalue weighted by Crippen LogP contribution is -2.45. The van der Waals surface area contributed by atoms with Crippen LogP contribution in [0.3, 0.4) is 0 Å². The van der Waals surface area contributed by atoms with E-state index in [0.717, 1.165) is 12.8 Å². The molecule has 0 aromatic heterocycles. The van der Waals surface area contributed by atoms with E-state index in [0.29, 0.717) is 6.04 Å². The topological polar surface area (TPSA) is 20.3 Å². The van der Waals surface area contributed by atoms with E-state index < -0.39 is 0 Å².